The van der Waals surface area contributed by atoms with E-state index < -0.39 is 0 Å². The van der Waals surface area contributed by atoms with Crippen LogP contribution in [0.2, 0.25) is 0 Å². The maximum absolute atomic E-state index is 6.08. The van der Waals surface area contributed by atoms with E-state index in [1.54, 1.807) is 0 Å². The topological polar surface area (TPSA) is 61.0 Å². The van der Waals surface area contributed by atoms with Crippen LogP contribution in [0, 0.1) is 6.92 Å². The van der Waals surface area contributed by atoms with E-state index in [-0.39, 0.29) is 5.54 Å². The second-order valence-corrected chi connectivity index (χ2v) is 4.59. The largest absolute Gasteiger partial charge is 0.467 e. The molecule has 14 heavy (non-hydrogen) atoms. The first kappa shape index (κ1) is 11.4. The molecule has 0 atom stereocenters. The lowest BCUT2D eigenvalue weighted by molar-refractivity contribution is 0.205. The van der Waals surface area contributed by atoms with Crippen molar-refractivity contribution in [1.29, 1.82) is 0 Å². The molecule has 0 amide bonds. The zero-order valence-corrected chi connectivity index (χ0v) is 9.73. The van der Waals surface area contributed by atoms with E-state index in [9.17, 15) is 0 Å². The van der Waals surface area contributed by atoms with E-state index in [2.05, 4.69) is 24.0 Å². The summed E-state index contributed by atoms with van der Waals surface area (Å²) in [6, 6.07) is 0. The summed E-state index contributed by atoms with van der Waals surface area (Å²) in [5, 5.41) is 9.27. The maximum atomic E-state index is 6.08. The average molecular weight is 215 g/mol. The summed E-state index contributed by atoms with van der Waals surface area (Å²) in [5.74, 6) is 0. The summed E-state index contributed by atoms with van der Waals surface area (Å²) < 4.78 is 5.49. The third kappa shape index (κ3) is 2.92. The standard InChI is InChI=1S/C9H17N3OS/c1-4-9(10,5-2)6-13-8-12-11-7(3)14-8/h4-6,10H2,1-3H3. The van der Waals surface area contributed by atoms with Crippen molar-refractivity contribution >= 4 is 11.3 Å². The van der Waals surface area contributed by atoms with Crippen LogP contribution in [0.4, 0.5) is 0 Å². The number of hydrogen-bond acceptors (Lipinski definition) is 5. The van der Waals surface area contributed by atoms with Crippen molar-refractivity contribution in [1.82, 2.24) is 10.2 Å². The Morgan fingerprint density at radius 2 is 2.00 bits per heavy atom. The third-order valence-corrected chi connectivity index (χ3v) is 3.15. The first-order chi connectivity index (χ1) is 6.59. The predicted octanol–water partition coefficient (Wildman–Crippen LogP) is 1.74. The van der Waals surface area contributed by atoms with E-state index >= 15 is 0 Å². The Bertz CT molecular complexity index is 283. The molecule has 0 bridgehead atoms. The average Bonchev–Trinajstić information content (AvgIpc) is 2.61. The van der Waals surface area contributed by atoms with Gasteiger partial charge in [0.15, 0.2) is 0 Å². The smallest absolute Gasteiger partial charge is 0.294 e. The highest BCUT2D eigenvalue weighted by molar-refractivity contribution is 7.12. The van der Waals surface area contributed by atoms with Crippen molar-refractivity contribution in [3.63, 3.8) is 0 Å². The molecule has 0 radical (unpaired) electrons. The Morgan fingerprint density at radius 1 is 1.36 bits per heavy atom. The Balaban J connectivity index is 2.47. The van der Waals surface area contributed by atoms with Gasteiger partial charge in [-0.25, -0.2) is 0 Å². The van der Waals surface area contributed by atoms with Crippen LogP contribution in [0.25, 0.3) is 0 Å². The lowest BCUT2D eigenvalue weighted by Gasteiger charge is -2.25. The van der Waals surface area contributed by atoms with Crippen LogP contribution in [-0.2, 0) is 0 Å². The van der Waals surface area contributed by atoms with Crippen molar-refractivity contribution in [3.8, 4) is 5.19 Å². The molecule has 0 aliphatic rings. The summed E-state index contributed by atoms with van der Waals surface area (Å²) in [7, 11) is 0. The highest BCUT2D eigenvalue weighted by atomic mass is 32.1. The van der Waals surface area contributed by atoms with Gasteiger partial charge >= 0.3 is 0 Å². The molecule has 0 aliphatic heterocycles. The molecule has 1 aromatic heterocycles. The molecule has 0 fully saturated rings. The molecule has 0 aliphatic carbocycles. The first-order valence-corrected chi connectivity index (χ1v) is 5.63. The molecule has 0 saturated carbocycles. The number of hydrogen-bond donors (Lipinski definition) is 1. The third-order valence-electron chi connectivity index (χ3n) is 2.40. The van der Waals surface area contributed by atoms with Gasteiger partial charge in [0, 0.05) is 5.54 Å². The van der Waals surface area contributed by atoms with Gasteiger partial charge < -0.3 is 10.5 Å². The number of nitrogens with two attached hydrogens (primary N) is 1. The van der Waals surface area contributed by atoms with E-state index in [1.807, 2.05) is 6.92 Å². The molecule has 4 nitrogen and oxygen atoms in total. The predicted molar refractivity (Wildman–Crippen MR) is 57.6 cm³/mol. The molecule has 5 heteroatoms. The Hall–Kier alpha value is -0.680. The number of rotatable bonds is 5. The monoisotopic (exact) mass is 215 g/mol. The zero-order chi connectivity index (χ0) is 10.6. The van der Waals surface area contributed by atoms with E-state index in [0.29, 0.717) is 11.8 Å². The zero-order valence-electron chi connectivity index (χ0n) is 8.91. The van der Waals surface area contributed by atoms with Crippen molar-refractivity contribution in [3.05, 3.63) is 5.01 Å². The van der Waals surface area contributed by atoms with Crippen LogP contribution in [0.3, 0.4) is 0 Å². The van der Waals surface area contributed by atoms with Crippen molar-refractivity contribution in [2.24, 2.45) is 5.73 Å². The molecular weight excluding hydrogens is 198 g/mol. The minimum Gasteiger partial charge on any atom is -0.467 e. The fraction of sp³-hybridized carbons (Fsp3) is 0.778. The molecule has 1 heterocycles. The highest BCUT2D eigenvalue weighted by Gasteiger charge is 2.21. The molecule has 0 aromatic carbocycles. The lowest BCUT2D eigenvalue weighted by atomic mass is 9.96. The number of aromatic nitrogens is 2. The van der Waals surface area contributed by atoms with Crippen molar-refractivity contribution in [2.45, 2.75) is 39.2 Å². The first-order valence-electron chi connectivity index (χ1n) is 4.81. The van der Waals surface area contributed by atoms with Gasteiger partial charge in [-0.2, -0.15) is 0 Å². The second-order valence-electron chi connectivity index (χ2n) is 3.45. The minimum absolute atomic E-state index is 0.237. The number of aryl methyl sites for hydroxylation is 1. The normalized spacial score (nSPS) is 11.7. The van der Waals surface area contributed by atoms with Gasteiger partial charge in [-0.3, -0.25) is 0 Å². The molecule has 0 spiro atoms. The van der Waals surface area contributed by atoms with E-state index in [0.717, 1.165) is 17.8 Å². The van der Waals surface area contributed by atoms with Crippen LogP contribution in [0.1, 0.15) is 31.7 Å². The molecule has 1 aromatic rings. The van der Waals surface area contributed by atoms with E-state index in [1.165, 1.54) is 11.3 Å². The molecule has 0 unspecified atom stereocenters. The summed E-state index contributed by atoms with van der Waals surface area (Å²) in [4.78, 5) is 0. The quantitative estimate of drug-likeness (QED) is 0.812. The maximum Gasteiger partial charge on any atom is 0.294 e. The molecule has 0 saturated heterocycles. The van der Waals surface area contributed by atoms with Crippen molar-refractivity contribution < 1.29 is 4.74 Å². The SMILES string of the molecule is CCC(N)(CC)COc1nnc(C)s1. The molecular formula is C9H17N3OS. The Kier molecular flexibility index (Phi) is 3.83. The van der Waals surface area contributed by atoms with Gasteiger partial charge in [0.25, 0.3) is 5.19 Å². The lowest BCUT2D eigenvalue weighted by Crippen LogP contribution is -2.44. The van der Waals surface area contributed by atoms with E-state index in [4.69, 9.17) is 10.5 Å². The fourth-order valence-electron chi connectivity index (χ4n) is 0.996. The van der Waals surface area contributed by atoms with Crippen LogP contribution < -0.4 is 10.5 Å². The van der Waals surface area contributed by atoms with Gasteiger partial charge in [-0.1, -0.05) is 25.2 Å². The van der Waals surface area contributed by atoms with Crippen molar-refractivity contribution in [2.75, 3.05) is 6.61 Å². The highest BCUT2D eigenvalue weighted by Crippen LogP contribution is 2.19. The Labute approximate surface area is 88.5 Å². The van der Waals surface area contributed by atoms with Gasteiger partial charge in [0.1, 0.15) is 11.6 Å². The number of nitrogens with zero attached hydrogens (tertiary/aromatic N) is 2. The van der Waals surface area contributed by atoms with Gasteiger partial charge in [0.05, 0.1) is 0 Å². The molecule has 80 valence electrons. The second kappa shape index (κ2) is 4.70. The van der Waals surface area contributed by atoms with Crippen LogP contribution >= 0.6 is 11.3 Å². The Morgan fingerprint density at radius 3 is 2.43 bits per heavy atom. The van der Waals surface area contributed by atoms with Gasteiger partial charge in [-0.05, 0) is 19.8 Å². The summed E-state index contributed by atoms with van der Waals surface area (Å²) >= 11 is 1.45. The summed E-state index contributed by atoms with van der Waals surface area (Å²) in [5.41, 5.74) is 5.85. The van der Waals surface area contributed by atoms with Gasteiger partial charge in [-0.15, -0.1) is 10.2 Å². The number of ether oxygens (including phenoxy) is 1. The minimum atomic E-state index is -0.237. The molecule has 1 rings (SSSR count). The van der Waals surface area contributed by atoms with Crippen LogP contribution in [-0.4, -0.2) is 22.3 Å². The summed E-state index contributed by atoms with van der Waals surface area (Å²) in [6.07, 6.45) is 1.81. The van der Waals surface area contributed by atoms with Crippen LogP contribution in [0.5, 0.6) is 5.19 Å². The van der Waals surface area contributed by atoms with Gasteiger partial charge in [0.2, 0.25) is 0 Å². The molecule has 2 N–H and O–H groups in total. The summed E-state index contributed by atoms with van der Waals surface area (Å²) in [6.45, 7) is 6.55. The fourth-order valence-corrected chi connectivity index (χ4v) is 1.53. The van der Waals surface area contributed by atoms with Crippen LogP contribution in [0.15, 0.2) is 0 Å².